The van der Waals surface area contributed by atoms with Crippen molar-refractivity contribution in [3.05, 3.63) is 129 Å². The summed E-state index contributed by atoms with van der Waals surface area (Å²) in [5.41, 5.74) is 2.10. The van der Waals surface area contributed by atoms with Crippen LogP contribution in [-0.4, -0.2) is 35.5 Å². The van der Waals surface area contributed by atoms with Crippen LogP contribution in [0.2, 0.25) is 10.0 Å². The summed E-state index contributed by atoms with van der Waals surface area (Å²) in [5, 5.41) is 8.59. The molecule has 0 aliphatic heterocycles. The molecule has 0 saturated heterocycles. The Morgan fingerprint density at radius 2 is 1.48 bits per heavy atom. The van der Waals surface area contributed by atoms with Crippen molar-refractivity contribution in [2.75, 3.05) is 17.2 Å². The lowest BCUT2D eigenvalue weighted by Crippen LogP contribution is -2.30. The number of thioether (sulfide) groups is 1. The molecular formula is C37H35Cl2N3O5S. The highest BCUT2D eigenvalue weighted by Gasteiger charge is 2.20. The fourth-order valence-corrected chi connectivity index (χ4v) is 5.89. The van der Waals surface area contributed by atoms with E-state index < -0.39 is 23.0 Å². The van der Waals surface area contributed by atoms with Crippen LogP contribution in [0.5, 0.6) is 0 Å². The molecule has 3 N–H and O–H groups in total. The van der Waals surface area contributed by atoms with Crippen LogP contribution in [0.15, 0.2) is 108 Å². The Hall–Kier alpha value is -4.57. The van der Waals surface area contributed by atoms with Crippen molar-refractivity contribution in [1.82, 2.24) is 5.32 Å². The highest BCUT2D eigenvalue weighted by molar-refractivity contribution is 8.00. The van der Waals surface area contributed by atoms with Gasteiger partial charge in [0, 0.05) is 37.4 Å². The zero-order valence-electron chi connectivity index (χ0n) is 26.4. The van der Waals surface area contributed by atoms with E-state index in [0.717, 1.165) is 17.7 Å². The number of esters is 1. The number of hydrogen-bond donors (Lipinski definition) is 3. The summed E-state index contributed by atoms with van der Waals surface area (Å²) in [6, 6.07) is 27.1. The summed E-state index contributed by atoms with van der Waals surface area (Å²) in [4.78, 5) is 52.7. The molecule has 4 aromatic rings. The molecule has 0 heterocycles. The molecule has 0 aliphatic carbocycles. The summed E-state index contributed by atoms with van der Waals surface area (Å²) in [6.45, 7) is 4.30. The third-order valence-corrected chi connectivity index (χ3v) is 8.99. The number of rotatable bonds is 14. The van der Waals surface area contributed by atoms with Gasteiger partial charge < -0.3 is 20.7 Å². The van der Waals surface area contributed by atoms with Gasteiger partial charge in [0.2, 0.25) is 5.91 Å². The maximum absolute atomic E-state index is 13.6. The predicted octanol–water partition coefficient (Wildman–Crippen LogP) is 8.87. The monoisotopic (exact) mass is 703 g/mol. The van der Waals surface area contributed by atoms with E-state index in [4.69, 9.17) is 27.9 Å². The summed E-state index contributed by atoms with van der Waals surface area (Å²) in [5.74, 6) is -1.69. The first-order valence-electron chi connectivity index (χ1n) is 15.4. The number of anilines is 2. The summed E-state index contributed by atoms with van der Waals surface area (Å²) in [7, 11) is 0. The lowest BCUT2D eigenvalue weighted by Gasteiger charge is -2.16. The first-order chi connectivity index (χ1) is 23.2. The fraction of sp³-hybridized carbons (Fsp3) is 0.189. The van der Waals surface area contributed by atoms with Crippen molar-refractivity contribution in [1.29, 1.82) is 0 Å². The third-order valence-electron chi connectivity index (χ3n) is 6.97. The van der Waals surface area contributed by atoms with Crippen molar-refractivity contribution < 1.29 is 23.9 Å². The van der Waals surface area contributed by atoms with Gasteiger partial charge in [0.1, 0.15) is 5.70 Å². The van der Waals surface area contributed by atoms with Crippen LogP contribution in [0.1, 0.15) is 59.4 Å². The zero-order chi connectivity index (χ0) is 34.5. The molecule has 0 spiro atoms. The van der Waals surface area contributed by atoms with E-state index in [2.05, 4.69) is 16.0 Å². The lowest BCUT2D eigenvalue weighted by atomic mass is 10.1. The van der Waals surface area contributed by atoms with Gasteiger partial charge in [-0.2, -0.15) is 0 Å². The quantitative estimate of drug-likeness (QED) is 0.0523. The summed E-state index contributed by atoms with van der Waals surface area (Å²) in [6.07, 6.45) is 3.70. The highest BCUT2D eigenvalue weighted by atomic mass is 35.5. The molecular weight excluding hydrogens is 669 g/mol. The molecule has 0 fully saturated rings. The maximum Gasteiger partial charge on any atom is 0.338 e. The van der Waals surface area contributed by atoms with Gasteiger partial charge in [0.15, 0.2) is 0 Å². The minimum Gasteiger partial charge on any atom is -0.462 e. The number of ether oxygens (including phenoxy) is 1. The standard InChI is InChI=1S/C37H35Cl2N3O5S/c1-3-5-21-47-37(46)25-17-19-26(20-18-25)40-36(45)33(4-2)48-28-14-9-13-27(22-28)41-35(44)32(23-29-30(38)15-10-16-31(29)39)42-34(43)24-11-7-6-8-12-24/h6-20,22-23,33H,3-5,21H2,1-2H3,(H,40,45)(H,41,44)(H,42,43)/b32-23+. The normalized spacial score (nSPS) is 11.7. The number of benzene rings is 4. The number of nitrogens with one attached hydrogen (secondary N) is 3. The van der Waals surface area contributed by atoms with Crippen molar-refractivity contribution in [2.45, 2.75) is 43.3 Å². The SMILES string of the molecule is CCCCOC(=O)c1ccc(NC(=O)C(CC)Sc2cccc(NC(=O)/C(=C\c3c(Cl)cccc3Cl)NC(=O)c3ccccc3)c2)cc1. The average molecular weight is 705 g/mol. The molecule has 48 heavy (non-hydrogen) atoms. The fourth-order valence-electron chi connectivity index (χ4n) is 4.37. The highest BCUT2D eigenvalue weighted by Crippen LogP contribution is 2.30. The van der Waals surface area contributed by atoms with Gasteiger partial charge in [-0.1, -0.05) is 73.8 Å². The Morgan fingerprint density at radius 3 is 2.15 bits per heavy atom. The molecule has 0 aromatic heterocycles. The number of halogens is 2. The van der Waals surface area contributed by atoms with E-state index in [0.29, 0.717) is 51.1 Å². The Labute approximate surface area is 294 Å². The average Bonchev–Trinajstić information content (AvgIpc) is 3.09. The number of amides is 3. The molecule has 3 amide bonds. The smallest absolute Gasteiger partial charge is 0.338 e. The Bertz CT molecular complexity index is 1760. The van der Waals surface area contributed by atoms with Crippen LogP contribution < -0.4 is 16.0 Å². The van der Waals surface area contributed by atoms with Crippen LogP contribution in [0.4, 0.5) is 11.4 Å². The van der Waals surface area contributed by atoms with Crippen molar-refractivity contribution >= 4 is 76.1 Å². The summed E-state index contributed by atoms with van der Waals surface area (Å²) >= 11 is 14.1. The minimum atomic E-state index is -0.597. The zero-order valence-corrected chi connectivity index (χ0v) is 28.8. The van der Waals surface area contributed by atoms with Gasteiger partial charge in [-0.25, -0.2) is 4.79 Å². The van der Waals surface area contributed by atoms with Gasteiger partial charge in [-0.05, 0) is 85.6 Å². The van der Waals surface area contributed by atoms with Crippen LogP contribution in [-0.2, 0) is 14.3 Å². The van der Waals surface area contributed by atoms with Gasteiger partial charge in [-0.3, -0.25) is 14.4 Å². The van der Waals surface area contributed by atoms with Crippen molar-refractivity contribution in [3.8, 4) is 0 Å². The summed E-state index contributed by atoms with van der Waals surface area (Å²) < 4.78 is 5.24. The molecule has 0 saturated carbocycles. The second-order valence-electron chi connectivity index (χ2n) is 10.6. The van der Waals surface area contributed by atoms with Crippen LogP contribution in [0.3, 0.4) is 0 Å². The Balaban J connectivity index is 1.45. The van der Waals surface area contributed by atoms with Crippen LogP contribution in [0, 0.1) is 0 Å². The molecule has 1 unspecified atom stereocenters. The van der Waals surface area contributed by atoms with Crippen molar-refractivity contribution in [3.63, 3.8) is 0 Å². The maximum atomic E-state index is 13.6. The Morgan fingerprint density at radius 1 is 0.792 bits per heavy atom. The van der Waals surface area contributed by atoms with E-state index in [9.17, 15) is 19.2 Å². The van der Waals surface area contributed by atoms with Gasteiger partial charge >= 0.3 is 5.97 Å². The number of carbonyl (C=O) groups is 4. The molecule has 248 valence electrons. The molecule has 0 aliphatic rings. The predicted molar refractivity (Wildman–Crippen MR) is 194 cm³/mol. The topological polar surface area (TPSA) is 114 Å². The molecule has 0 bridgehead atoms. The molecule has 4 rings (SSSR count). The second-order valence-corrected chi connectivity index (χ2v) is 12.7. The molecule has 1 atom stereocenters. The molecule has 8 nitrogen and oxygen atoms in total. The van der Waals surface area contributed by atoms with E-state index in [-0.39, 0.29) is 11.6 Å². The molecule has 11 heteroatoms. The van der Waals surface area contributed by atoms with Crippen molar-refractivity contribution in [2.24, 2.45) is 0 Å². The first kappa shape index (κ1) is 36.3. The number of hydrogen-bond acceptors (Lipinski definition) is 6. The van der Waals surface area contributed by atoms with Gasteiger partial charge in [0.25, 0.3) is 11.8 Å². The third kappa shape index (κ3) is 10.5. The van der Waals surface area contributed by atoms with E-state index >= 15 is 0 Å². The van der Waals surface area contributed by atoms with Crippen LogP contribution >= 0.6 is 35.0 Å². The van der Waals surface area contributed by atoms with E-state index in [1.165, 1.54) is 17.8 Å². The first-order valence-corrected chi connectivity index (χ1v) is 17.0. The van der Waals surface area contributed by atoms with Gasteiger partial charge in [0.05, 0.1) is 17.4 Å². The van der Waals surface area contributed by atoms with E-state index in [1.54, 1.807) is 91.0 Å². The minimum absolute atomic E-state index is 0.0667. The number of carbonyl (C=O) groups excluding carboxylic acids is 4. The largest absolute Gasteiger partial charge is 0.462 e. The van der Waals surface area contributed by atoms with E-state index in [1.807, 2.05) is 19.9 Å². The lowest BCUT2D eigenvalue weighted by molar-refractivity contribution is -0.116. The van der Waals surface area contributed by atoms with Crippen LogP contribution in [0.25, 0.3) is 6.08 Å². The van der Waals surface area contributed by atoms with Gasteiger partial charge in [-0.15, -0.1) is 11.8 Å². The Kier molecular flexibility index (Phi) is 13.7. The molecule has 0 radical (unpaired) electrons. The molecule has 4 aromatic carbocycles. The second kappa shape index (κ2) is 18.1. The number of unbranched alkanes of at least 4 members (excludes halogenated alkanes) is 1.